The molecule has 0 fully saturated rings. The van der Waals surface area contributed by atoms with Gasteiger partial charge >= 0.3 is 0 Å². The minimum absolute atomic E-state index is 0.0296. The van der Waals surface area contributed by atoms with Crippen LogP contribution in [0.4, 0.5) is 20.2 Å². The fraction of sp³-hybridized carbons (Fsp3) is 0.538. The maximum atomic E-state index is 13.7. The molecule has 0 aliphatic rings. The normalized spacial score (nSPS) is 12.5. The van der Waals surface area contributed by atoms with E-state index in [0.717, 1.165) is 18.6 Å². The van der Waals surface area contributed by atoms with Crippen LogP contribution in [0.3, 0.4) is 0 Å². The first-order valence-electron chi connectivity index (χ1n) is 5.99. The number of benzene rings is 1. The molecule has 4 heteroatoms. The number of nitrogen functional groups attached to an aromatic ring is 1. The van der Waals surface area contributed by atoms with Gasteiger partial charge in [0.05, 0.1) is 0 Å². The van der Waals surface area contributed by atoms with Gasteiger partial charge in [0.2, 0.25) is 0 Å². The third kappa shape index (κ3) is 3.32. The van der Waals surface area contributed by atoms with Crippen LogP contribution in [0.5, 0.6) is 0 Å². The van der Waals surface area contributed by atoms with Gasteiger partial charge in [0, 0.05) is 18.8 Å². The molecule has 0 heterocycles. The lowest BCUT2D eigenvalue weighted by Gasteiger charge is -2.27. The predicted molar refractivity (Wildman–Crippen MR) is 68.1 cm³/mol. The lowest BCUT2D eigenvalue weighted by atomic mass is 10.1. The van der Waals surface area contributed by atoms with E-state index in [-0.39, 0.29) is 11.4 Å². The first-order chi connectivity index (χ1) is 7.99. The Balaban J connectivity index is 3.03. The van der Waals surface area contributed by atoms with Crippen LogP contribution in [0.15, 0.2) is 12.1 Å². The number of nitrogens with zero attached hydrogens (tertiary/aromatic N) is 1. The highest BCUT2D eigenvalue weighted by Gasteiger charge is 2.17. The van der Waals surface area contributed by atoms with Crippen molar-refractivity contribution in [1.29, 1.82) is 0 Å². The van der Waals surface area contributed by atoms with Crippen LogP contribution in [-0.4, -0.2) is 13.1 Å². The molecule has 0 aliphatic heterocycles. The zero-order chi connectivity index (χ0) is 13.0. The summed E-state index contributed by atoms with van der Waals surface area (Å²) in [4.78, 5) is 1.72. The van der Waals surface area contributed by atoms with Crippen molar-refractivity contribution in [3.05, 3.63) is 23.8 Å². The average molecular weight is 242 g/mol. The van der Waals surface area contributed by atoms with Crippen LogP contribution in [-0.2, 0) is 0 Å². The third-order valence-corrected chi connectivity index (χ3v) is 2.97. The maximum Gasteiger partial charge on any atom is 0.151 e. The lowest BCUT2D eigenvalue weighted by molar-refractivity contribution is 0.522. The molecule has 96 valence electrons. The van der Waals surface area contributed by atoms with Gasteiger partial charge in [-0.15, -0.1) is 0 Å². The molecule has 0 spiro atoms. The molecule has 0 radical (unpaired) electrons. The van der Waals surface area contributed by atoms with Crippen molar-refractivity contribution in [2.24, 2.45) is 5.92 Å². The molecule has 2 N–H and O–H groups in total. The monoisotopic (exact) mass is 242 g/mol. The van der Waals surface area contributed by atoms with Crippen LogP contribution in [0.25, 0.3) is 0 Å². The summed E-state index contributed by atoms with van der Waals surface area (Å²) in [6, 6.07) is 2.33. The van der Waals surface area contributed by atoms with Gasteiger partial charge in [-0.05, 0) is 25.0 Å². The molecule has 0 aliphatic carbocycles. The van der Waals surface area contributed by atoms with Crippen LogP contribution in [0, 0.1) is 17.6 Å². The van der Waals surface area contributed by atoms with Gasteiger partial charge in [0.25, 0.3) is 0 Å². The van der Waals surface area contributed by atoms with E-state index in [1.54, 1.807) is 4.90 Å². The van der Waals surface area contributed by atoms with Gasteiger partial charge in [-0.1, -0.05) is 20.3 Å². The Labute approximate surface area is 101 Å². The summed E-state index contributed by atoms with van der Waals surface area (Å²) in [6.07, 6.45) is 0.981. The van der Waals surface area contributed by atoms with Crippen LogP contribution in [0.1, 0.15) is 27.2 Å². The minimum Gasteiger partial charge on any atom is -0.399 e. The minimum atomic E-state index is -0.590. The first-order valence-corrected chi connectivity index (χ1v) is 5.99. The summed E-state index contributed by atoms with van der Waals surface area (Å²) in [5.74, 6) is -0.786. The SMILES string of the molecule is CCC(C)CN(CC)c1c(F)cc(N)cc1F. The Bertz CT molecular complexity index is 357. The van der Waals surface area contributed by atoms with Crippen molar-refractivity contribution in [3.63, 3.8) is 0 Å². The number of hydrogen-bond donors (Lipinski definition) is 1. The summed E-state index contributed by atoms with van der Waals surface area (Å²) in [7, 11) is 0. The van der Waals surface area contributed by atoms with Gasteiger partial charge < -0.3 is 10.6 Å². The van der Waals surface area contributed by atoms with Crippen molar-refractivity contribution in [3.8, 4) is 0 Å². The molecule has 1 rings (SSSR count). The maximum absolute atomic E-state index is 13.7. The predicted octanol–water partition coefficient (Wildman–Crippen LogP) is 3.42. The number of nitrogens with two attached hydrogens (primary N) is 1. The topological polar surface area (TPSA) is 29.3 Å². The van der Waals surface area contributed by atoms with E-state index in [0.29, 0.717) is 19.0 Å². The fourth-order valence-electron chi connectivity index (χ4n) is 1.77. The lowest BCUT2D eigenvalue weighted by Crippen LogP contribution is -2.29. The second-order valence-corrected chi connectivity index (χ2v) is 4.39. The summed E-state index contributed by atoms with van der Waals surface area (Å²) >= 11 is 0. The molecule has 0 amide bonds. The standard InChI is InChI=1S/C13H20F2N2/c1-4-9(3)8-17(5-2)13-11(14)6-10(16)7-12(13)15/h6-7,9H,4-5,8,16H2,1-3H3. The number of hydrogen-bond acceptors (Lipinski definition) is 2. The third-order valence-electron chi connectivity index (χ3n) is 2.97. The van der Waals surface area contributed by atoms with Gasteiger partial charge in [0.1, 0.15) is 5.69 Å². The van der Waals surface area contributed by atoms with Crippen LogP contribution in [0.2, 0.25) is 0 Å². The molecular formula is C13H20F2N2. The van der Waals surface area contributed by atoms with Crippen LogP contribution >= 0.6 is 0 Å². The second-order valence-electron chi connectivity index (χ2n) is 4.39. The van der Waals surface area contributed by atoms with Crippen molar-refractivity contribution in [2.45, 2.75) is 27.2 Å². The molecule has 2 nitrogen and oxygen atoms in total. The quantitative estimate of drug-likeness (QED) is 0.802. The Hall–Kier alpha value is -1.32. The van der Waals surface area contributed by atoms with Gasteiger partial charge in [0.15, 0.2) is 11.6 Å². The summed E-state index contributed by atoms with van der Waals surface area (Å²) in [5.41, 5.74) is 5.54. The Morgan fingerprint density at radius 3 is 2.18 bits per heavy atom. The highest BCUT2D eigenvalue weighted by Crippen LogP contribution is 2.26. The molecule has 17 heavy (non-hydrogen) atoms. The molecule has 0 saturated heterocycles. The Kier molecular flexibility index (Phi) is 4.73. The van der Waals surface area contributed by atoms with E-state index in [9.17, 15) is 8.78 Å². The molecule has 1 aromatic rings. The fourth-order valence-corrected chi connectivity index (χ4v) is 1.77. The van der Waals surface area contributed by atoms with Crippen molar-refractivity contribution in [2.75, 3.05) is 23.7 Å². The van der Waals surface area contributed by atoms with E-state index in [1.165, 1.54) is 0 Å². The van der Waals surface area contributed by atoms with Crippen molar-refractivity contribution >= 4 is 11.4 Å². The van der Waals surface area contributed by atoms with Gasteiger partial charge in [-0.2, -0.15) is 0 Å². The van der Waals surface area contributed by atoms with E-state index in [2.05, 4.69) is 13.8 Å². The molecule has 1 atom stereocenters. The van der Waals surface area contributed by atoms with Gasteiger partial charge in [-0.25, -0.2) is 8.78 Å². The molecule has 1 aromatic carbocycles. The molecule has 0 saturated carbocycles. The summed E-state index contributed by atoms with van der Waals surface area (Å²) < 4.78 is 27.5. The van der Waals surface area contributed by atoms with E-state index < -0.39 is 11.6 Å². The number of anilines is 2. The Morgan fingerprint density at radius 2 is 1.76 bits per heavy atom. The number of rotatable bonds is 5. The first kappa shape index (κ1) is 13.7. The van der Waals surface area contributed by atoms with Crippen molar-refractivity contribution < 1.29 is 8.78 Å². The van der Waals surface area contributed by atoms with E-state index in [4.69, 9.17) is 5.73 Å². The van der Waals surface area contributed by atoms with E-state index >= 15 is 0 Å². The molecular weight excluding hydrogens is 222 g/mol. The largest absolute Gasteiger partial charge is 0.399 e. The Morgan fingerprint density at radius 1 is 1.24 bits per heavy atom. The average Bonchev–Trinajstić information content (AvgIpc) is 2.25. The van der Waals surface area contributed by atoms with Crippen LogP contribution < -0.4 is 10.6 Å². The van der Waals surface area contributed by atoms with E-state index in [1.807, 2.05) is 6.92 Å². The summed E-state index contributed by atoms with van der Waals surface area (Å²) in [5, 5.41) is 0. The smallest absolute Gasteiger partial charge is 0.151 e. The molecule has 0 aromatic heterocycles. The molecule has 1 unspecified atom stereocenters. The highest BCUT2D eigenvalue weighted by molar-refractivity contribution is 5.55. The zero-order valence-corrected chi connectivity index (χ0v) is 10.6. The summed E-state index contributed by atoms with van der Waals surface area (Å²) in [6.45, 7) is 7.23. The van der Waals surface area contributed by atoms with Gasteiger partial charge in [-0.3, -0.25) is 0 Å². The number of halogens is 2. The van der Waals surface area contributed by atoms with Crippen molar-refractivity contribution in [1.82, 2.24) is 0 Å². The zero-order valence-electron chi connectivity index (χ0n) is 10.6. The molecule has 0 bridgehead atoms. The second kappa shape index (κ2) is 5.84. The highest BCUT2D eigenvalue weighted by atomic mass is 19.1.